The van der Waals surface area contributed by atoms with Gasteiger partial charge >= 0.3 is 0 Å². The zero-order chi connectivity index (χ0) is 24.8. The van der Waals surface area contributed by atoms with Gasteiger partial charge in [-0.2, -0.15) is 4.98 Å². The number of carbonyl (C=O) groups is 1. The number of aromatic nitrogens is 2. The Labute approximate surface area is 206 Å². The van der Waals surface area contributed by atoms with Gasteiger partial charge in [0.1, 0.15) is 0 Å². The second kappa shape index (κ2) is 9.69. The minimum Gasteiger partial charge on any atom is -0.373 e. The Bertz CT molecular complexity index is 895. The SMILES string of the molecule is CC(C)N1CC[C@@H](O[C@H]2CCCC(F)(F)[C@@H]2CC(=O)N2CCC(C)(c3noc(C4CC4)n3)CC2)C1. The molecular formula is C26H40F2N4O3. The first-order chi connectivity index (χ1) is 16.6. The van der Waals surface area contributed by atoms with Crippen molar-refractivity contribution in [3.05, 3.63) is 11.7 Å². The zero-order valence-corrected chi connectivity index (χ0v) is 21.3. The summed E-state index contributed by atoms with van der Waals surface area (Å²) in [6.07, 6.45) is 4.63. The van der Waals surface area contributed by atoms with Crippen molar-refractivity contribution in [3.63, 3.8) is 0 Å². The van der Waals surface area contributed by atoms with Crippen LogP contribution in [-0.4, -0.2) is 76.2 Å². The number of ether oxygens (including phenoxy) is 1. The Balaban J connectivity index is 1.18. The Kier molecular flexibility index (Phi) is 6.94. The van der Waals surface area contributed by atoms with E-state index in [0.29, 0.717) is 56.6 Å². The van der Waals surface area contributed by atoms with E-state index in [1.54, 1.807) is 4.90 Å². The summed E-state index contributed by atoms with van der Waals surface area (Å²) in [4.78, 5) is 21.9. The number of piperidine rings is 1. The van der Waals surface area contributed by atoms with Crippen LogP contribution in [0.2, 0.25) is 0 Å². The molecule has 7 nitrogen and oxygen atoms in total. The van der Waals surface area contributed by atoms with Crippen LogP contribution in [0.4, 0.5) is 8.78 Å². The fourth-order valence-electron chi connectivity index (χ4n) is 5.99. The van der Waals surface area contributed by atoms with Crippen molar-refractivity contribution >= 4 is 5.91 Å². The fourth-order valence-corrected chi connectivity index (χ4v) is 5.99. The van der Waals surface area contributed by atoms with Crippen molar-refractivity contribution in [2.24, 2.45) is 5.92 Å². The Morgan fingerprint density at radius 3 is 2.54 bits per heavy atom. The lowest BCUT2D eigenvalue weighted by atomic mass is 9.78. The van der Waals surface area contributed by atoms with Crippen LogP contribution in [0.3, 0.4) is 0 Å². The summed E-state index contributed by atoms with van der Waals surface area (Å²) in [5, 5.41) is 4.22. The van der Waals surface area contributed by atoms with Gasteiger partial charge < -0.3 is 14.2 Å². The predicted octanol–water partition coefficient (Wildman–Crippen LogP) is 4.52. The maximum atomic E-state index is 15.1. The van der Waals surface area contributed by atoms with E-state index < -0.39 is 17.9 Å². The molecule has 1 amide bonds. The minimum absolute atomic E-state index is 0.0277. The number of hydrogen-bond acceptors (Lipinski definition) is 6. The van der Waals surface area contributed by atoms with Gasteiger partial charge in [-0.25, -0.2) is 8.78 Å². The molecule has 0 aromatic carbocycles. The first kappa shape index (κ1) is 25.1. The van der Waals surface area contributed by atoms with E-state index in [2.05, 4.69) is 35.8 Å². The number of amides is 1. The summed E-state index contributed by atoms with van der Waals surface area (Å²) in [6, 6.07) is 0.423. The first-order valence-corrected chi connectivity index (χ1v) is 13.5. The molecule has 5 rings (SSSR count). The van der Waals surface area contributed by atoms with Gasteiger partial charge in [-0.05, 0) is 58.8 Å². The lowest BCUT2D eigenvalue weighted by Gasteiger charge is -2.41. The highest BCUT2D eigenvalue weighted by Gasteiger charge is 2.50. The quantitative estimate of drug-likeness (QED) is 0.555. The molecule has 1 aromatic heterocycles. The number of carbonyl (C=O) groups excluding carboxylic acids is 1. The van der Waals surface area contributed by atoms with Gasteiger partial charge in [0.25, 0.3) is 5.92 Å². The number of likely N-dealkylation sites (tertiary alicyclic amines) is 2. The molecule has 2 aliphatic carbocycles. The van der Waals surface area contributed by atoms with Gasteiger partial charge in [0, 0.05) is 56.4 Å². The van der Waals surface area contributed by atoms with Gasteiger partial charge in [-0.1, -0.05) is 12.1 Å². The molecule has 2 saturated heterocycles. The second-order valence-electron chi connectivity index (χ2n) is 11.8. The lowest BCUT2D eigenvalue weighted by molar-refractivity contribution is -0.174. The normalized spacial score (nSPS) is 31.3. The van der Waals surface area contributed by atoms with Crippen molar-refractivity contribution < 1.29 is 22.8 Å². The molecule has 1 aromatic rings. The van der Waals surface area contributed by atoms with E-state index >= 15 is 8.78 Å². The maximum absolute atomic E-state index is 15.1. The largest absolute Gasteiger partial charge is 0.373 e. The molecule has 35 heavy (non-hydrogen) atoms. The van der Waals surface area contributed by atoms with Crippen molar-refractivity contribution in [2.75, 3.05) is 26.2 Å². The highest BCUT2D eigenvalue weighted by molar-refractivity contribution is 5.76. The number of alkyl halides is 2. The Hall–Kier alpha value is -1.61. The van der Waals surface area contributed by atoms with Crippen molar-refractivity contribution in [3.8, 4) is 0 Å². The second-order valence-corrected chi connectivity index (χ2v) is 11.8. The molecule has 3 heterocycles. The number of rotatable bonds is 7. The number of nitrogens with zero attached hydrogens (tertiary/aromatic N) is 4. The molecule has 0 unspecified atom stereocenters. The first-order valence-electron chi connectivity index (χ1n) is 13.5. The Morgan fingerprint density at radius 2 is 1.89 bits per heavy atom. The van der Waals surface area contributed by atoms with E-state index in [0.717, 1.165) is 38.2 Å². The molecule has 0 radical (unpaired) electrons. The third-order valence-electron chi connectivity index (χ3n) is 8.79. The molecule has 196 valence electrons. The average molecular weight is 495 g/mol. The van der Waals surface area contributed by atoms with Crippen LogP contribution in [0.5, 0.6) is 0 Å². The summed E-state index contributed by atoms with van der Waals surface area (Å²) in [5.74, 6) is -2.26. The molecule has 0 N–H and O–H groups in total. The van der Waals surface area contributed by atoms with Crippen LogP contribution in [0, 0.1) is 5.92 Å². The van der Waals surface area contributed by atoms with E-state index in [-0.39, 0.29) is 30.3 Å². The van der Waals surface area contributed by atoms with E-state index in [1.807, 2.05) is 0 Å². The number of halogens is 2. The van der Waals surface area contributed by atoms with Crippen molar-refractivity contribution in [2.45, 2.75) is 114 Å². The number of hydrogen-bond donors (Lipinski definition) is 0. The third kappa shape index (κ3) is 5.41. The van der Waals surface area contributed by atoms with Crippen molar-refractivity contribution in [1.82, 2.24) is 19.9 Å². The maximum Gasteiger partial charge on any atom is 0.253 e. The van der Waals surface area contributed by atoms with Gasteiger partial charge in [-0.15, -0.1) is 0 Å². The summed E-state index contributed by atoms with van der Waals surface area (Å²) < 4.78 is 41.8. The zero-order valence-electron chi connectivity index (χ0n) is 21.3. The molecule has 2 saturated carbocycles. The molecule has 4 aliphatic rings. The van der Waals surface area contributed by atoms with E-state index in [4.69, 9.17) is 9.26 Å². The smallest absolute Gasteiger partial charge is 0.253 e. The van der Waals surface area contributed by atoms with Gasteiger partial charge in [0.15, 0.2) is 5.82 Å². The van der Waals surface area contributed by atoms with Crippen LogP contribution in [0.25, 0.3) is 0 Å². The molecule has 4 fully saturated rings. The third-order valence-corrected chi connectivity index (χ3v) is 8.79. The predicted molar refractivity (Wildman–Crippen MR) is 126 cm³/mol. The van der Waals surface area contributed by atoms with E-state index in [9.17, 15) is 4.79 Å². The summed E-state index contributed by atoms with van der Waals surface area (Å²) in [6.45, 7) is 9.17. The molecule has 3 atom stereocenters. The molecule has 0 bridgehead atoms. The monoisotopic (exact) mass is 494 g/mol. The van der Waals surface area contributed by atoms with E-state index in [1.165, 1.54) is 0 Å². The molecular weight excluding hydrogens is 454 g/mol. The molecule has 9 heteroatoms. The standard InChI is InChI=1S/C26H40F2N4O3/c1-17(2)32-12-8-19(16-32)34-21-5-4-9-26(27,28)20(21)15-22(33)31-13-10-25(3,11-14-31)24-29-23(35-30-24)18-6-7-18/h17-21H,4-16H2,1-3H3/t19-,20-,21+/m1/s1. The fraction of sp³-hybridized carbons (Fsp3) is 0.885. The minimum atomic E-state index is -2.87. The van der Waals surface area contributed by atoms with Crippen LogP contribution >= 0.6 is 0 Å². The summed E-state index contributed by atoms with van der Waals surface area (Å²) in [7, 11) is 0. The van der Waals surface area contributed by atoms with Gasteiger partial charge in [-0.3, -0.25) is 9.69 Å². The van der Waals surface area contributed by atoms with Gasteiger partial charge in [0.05, 0.1) is 18.1 Å². The van der Waals surface area contributed by atoms with Crippen LogP contribution < -0.4 is 0 Å². The summed E-state index contributed by atoms with van der Waals surface area (Å²) in [5.41, 5.74) is -0.251. The topological polar surface area (TPSA) is 71.7 Å². The van der Waals surface area contributed by atoms with Gasteiger partial charge in [0.2, 0.25) is 11.8 Å². The van der Waals surface area contributed by atoms with Crippen LogP contribution in [0.1, 0.15) is 96.2 Å². The molecule has 0 spiro atoms. The highest BCUT2D eigenvalue weighted by Crippen LogP contribution is 2.44. The Morgan fingerprint density at radius 1 is 1.14 bits per heavy atom. The lowest BCUT2D eigenvalue weighted by Crippen LogP contribution is -2.49. The van der Waals surface area contributed by atoms with Crippen LogP contribution in [-0.2, 0) is 14.9 Å². The highest BCUT2D eigenvalue weighted by atomic mass is 19.3. The molecule has 2 aliphatic heterocycles. The average Bonchev–Trinajstić information content (AvgIpc) is 3.33. The van der Waals surface area contributed by atoms with Crippen molar-refractivity contribution in [1.29, 1.82) is 0 Å². The summed E-state index contributed by atoms with van der Waals surface area (Å²) >= 11 is 0. The van der Waals surface area contributed by atoms with Crippen LogP contribution in [0.15, 0.2) is 4.52 Å².